The van der Waals surface area contributed by atoms with Crippen LogP contribution in [-0.2, 0) is 6.42 Å². The van der Waals surface area contributed by atoms with Crippen LogP contribution in [0.1, 0.15) is 17.0 Å². The molecule has 0 aromatic heterocycles. The van der Waals surface area contributed by atoms with Crippen molar-refractivity contribution >= 4 is 0 Å². The fourth-order valence-corrected chi connectivity index (χ4v) is 2.21. The molecule has 1 atom stereocenters. The highest BCUT2D eigenvalue weighted by Gasteiger charge is 2.23. The second-order valence-electron chi connectivity index (χ2n) is 4.44. The van der Waals surface area contributed by atoms with Gasteiger partial charge < -0.3 is 0 Å². The number of hydrogen-bond acceptors (Lipinski definition) is 2. The van der Waals surface area contributed by atoms with Gasteiger partial charge in [-0.25, -0.2) is 0 Å². The maximum absolute atomic E-state index is 9.16. The first-order chi connectivity index (χ1) is 9.35. The van der Waals surface area contributed by atoms with Gasteiger partial charge in [0.2, 0.25) is 0 Å². The minimum Gasteiger partial charge on any atom is -0.197 e. The van der Waals surface area contributed by atoms with E-state index in [2.05, 4.69) is 12.1 Å². The highest BCUT2D eigenvalue weighted by Crippen LogP contribution is 2.28. The molecular formula is C17H14N2. The maximum Gasteiger partial charge on any atom is 0.140 e. The lowest BCUT2D eigenvalue weighted by Gasteiger charge is -2.18. The van der Waals surface area contributed by atoms with Crippen LogP contribution in [0.2, 0.25) is 0 Å². The van der Waals surface area contributed by atoms with E-state index in [1.807, 2.05) is 60.7 Å². The van der Waals surface area contributed by atoms with Crippen molar-refractivity contribution in [3.05, 3.63) is 71.8 Å². The zero-order valence-electron chi connectivity index (χ0n) is 10.5. The van der Waals surface area contributed by atoms with Crippen LogP contribution in [0.15, 0.2) is 60.7 Å². The van der Waals surface area contributed by atoms with Gasteiger partial charge in [0.05, 0.1) is 12.1 Å². The second kappa shape index (κ2) is 6.38. The molecule has 2 aromatic carbocycles. The van der Waals surface area contributed by atoms with Crippen molar-refractivity contribution in [3.63, 3.8) is 0 Å². The monoisotopic (exact) mass is 246 g/mol. The van der Waals surface area contributed by atoms with E-state index in [4.69, 9.17) is 10.5 Å². The van der Waals surface area contributed by atoms with Gasteiger partial charge in [0.25, 0.3) is 0 Å². The van der Waals surface area contributed by atoms with Gasteiger partial charge in [-0.1, -0.05) is 60.7 Å². The molecule has 2 aromatic rings. The predicted molar refractivity (Wildman–Crippen MR) is 74.0 cm³/mol. The molecular weight excluding hydrogens is 232 g/mol. The van der Waals surface area contributed by atoms with Gasteiger partial charge >= 0.3 is 0 Å². The van der Waals surface area contributed by atoms with Gasteiger partial charge in [-0.3, -0.25) is 0 Å². The zero-order valence-corrected chi connectivity index (χ0v) is 10.5. The summed E-state index contributed by atoms with van der Waals surface area (Å²) >= 11 is 0. The average Bonchev–Trinajstić information content (AvgIpc) is 2.49. The molecule has 0 aliphatic rings. The molecule has 0 fully saturated rings. The highest BCUT2D eigenvalue weighted by atomic mass is 14.4. The Morgan fingerprint density at radius 3 is 1.84 bits per heavy atom. The Morgan fingerprint density at radius 2 is 1.32 bits per heavy atom. The van der Waals surface area contributed by atoms with E-state index in [1.54, 1.807) is 0 Å². The van der Waals surface area contributed by atoms with Gasteiger partial charge in [-0.2, -0.15) is 10.5 Å². The van der Waals surface area contributed by atoms with Crippen molar-refractivity contribution in [2.45, 2.75) is 12.3 Å². The summed E-state index contributed by atoms with van der Waals surface area (Å²) in [6.07, 6.45) is 0.705. The maximum atomic E-state index is 9.16. The fraction of sp³-hybridized carbons (Fsp3) is 0.176. The molecule has 0 amide bonds. The molecule has 0 saturated heterocycles. The molecule has 0 bridgehead atoms. The number of benzene rings is 2. The Labute approximate surface area is 113 Å². The van der Waals surface area contributed by atoms with E-state index >= 15 is 0 Å². The molecule has 0 unspecified atom stereocenters. The van der Waals surface area contributed by atoms with Crippen LogP contribution < -0.4 is 0 Å². The average molecular weight is 246 g/mol. The lowest BCUT2D eigenvalue weighted by molar-refractivity contribution is 0.608. The van der Waals surface area contributed by atoms with Crippen molar-refractivity contribution in [2.24, 2.45) is 5.92 Å². The zero-order chi connectivity index (χ0) is 13.5. The summed E-state index contributed by atoms with van der Waals surface area (Å²) < 4.78 is 0. The van der Waals surface area contributed by atoms with Gasteiger partial charge in [0, 0.05) is 5.92 Å². The van der Waals surface area contributed by atoms with Gasteiger partial charge in [-0.15, -0.1) is 0 Å². The third-order valence-corrected chi connectivity index (χ3v) is 3.21. The molecule has 0 N–H and O–H groups in total. The molecule has 0 radical (unpaired) electrons. The molecule has 0 heterocycles. The summed E-state index contributed by atoms with van der Waals surface area (Å²) in [7, 11) is 0. The summed E-state index contributed by atoms with van der Waals surface area (Å²) in [5, 5.41) is 18.3. The Balaban J connectivity index is 2.31. The predicted octanol–water partition coefficient (Wildman–Crippen LogP) is 3.68. The number of hydrogen-bond donors (Lipinski definition) is 0. The van der Waals surface area contributed by atoms with E-state index in [1.165, 1.54) is 0 Å². The second-order valence-corrected chi connectivity index (χ2v) is 4.44. The Bertz CT molecular complexity index is 577. The van der Waals surface area contributed by atoms with Crippen molar-refractivity contribution in [1.82, 2.24) is 0 Å². The smallest absolute Gasteiger partial charge is 0.140 e. The number of nitrogens with zero attached hydrogens (tertiary/aromatic N) is 2. The number of rotatable bonds is 4. The third-order valence-electron chi connectivity index (χ3n) is 3.21. The van der Waals surface area contributed by atoms with E-state index in [9.17, 15) is 0 Å². The SMILES string of the molecule is N#CC(C#N)[C@H](Cc1ccccc1)c1ccccc1. The Kier molecular flexibility index (Phi) is 4.32. The highest BCUT2D eigenvalue weighted by molar-refractivity contribution is 5.28. The normalized spacial score (nSPS) is 11.5. The van der Waals surface area contributed by atoms with E-state index in [0.29, 0.717) is 6.42 Å². The molecule has 0 aliphatic carbocycles. The van der Waals surface area contributed by atoms with Gasteiger partial charge in [0.1, 0.15) is 5.92 Å². The molecule has 0 spiro atoms. The molecule has 2 rings (SSSR count). The molecule has 0 aliphatic heterocycles. The van der Waals surface area contributed by atoms with Crippen LogP contribution >= 0.6 is 0 Å². The van der Waals surface area contributed by atoms with Crippen LogP contribution in [0.4, 0.5) is 0 Å². The minimum absolute atomic E-state index is 0.0846. The van der Waals surface area contributed by atoms with Crippen LogP contribution in [0.5, 0.6) is 0 Å². The van der Waals surface area contributed by atoms with Crippen LogP contribution in [0.3, 0.4) is 0 Å². The summed E-state index contributed by atoms with van der Waals surface area (Å²) in [6.45, 7) is 0. The molecule has 2 heteroatoms. The quantitative estimate of drug-likeness (QED) is 0.826. The van der Waals surface area contributed by atoms with E-state index in [-0.39, 0.29) is 5.92 Å². The fourth-order valence-electron chi connectivity index (χ4n) is 2.21. The van der Waals surface area contributed by atoms with Crippen LogP contribution in [0.25, 0.3) is 0 Å². The number of nitriles is 2. The van der Waals surface area contributed by atoms with Gasteiger partial charge in [-0.05, 0) is 17.5 Å². The van der Waals surface area contributed by atoms with Crippen molar-refractivity contribution in [1.29, 1.82) is 10.5 Å². The third kappa shape index (κ3) is 3.21. The topological polar surface area (TPSA) is 47.6 Å². The standard InChI is InChI=1S/C17H14N2/c18-12-16(13-19)17(15-9-5-2-6-10-15)11-14-7-3-1-4-8-14/h1-10,16-17H,11H2/t17-/m1/s1. The summed E-state index contributed by atoms with van der Waals surface area (Å²) in [4.78, 5) is 0. The summed E-state index contributed by atoms with van der Waals surface area (Å²) in [5.41, 5.74) is 2.19. The summed E-state index contributed by atoms with van der Waals surface area (Å²) in [6, 6.07) is 24.0. The molecule has 0 saturated carbocycles. The lowest BCUT2D eigenvalue weighted by atomic mass is 9.83. The Morgan fingerprint density at radius 1 is 0.789 bits per heavy atom. The van der Waals surface area contributed by atoms with E-state index in [0.717, 1.165) is 11.1 Å². The van der Waals surface area contributed by atoms with Crippen molar-refractivity contribution < 1.29 is 0 Å². The first-order valence-electron chi connectivity index (χ1n) is 6.23. The molecule has 2 nitrogen and oxygen atoms in total. The van der Waals surface area contributed by atoms with E-state index < -0.39 is 5.92 Å². The Hall–Kier alpha value is -2.58. The summed E-state index contributed by atoms with van der Waals surface area (Å²) in [5.74, 6) is -0.707. The minimum atomic E-state index is -0.623. The molecule has 19 heavy (non-hydrogen) atoms. The van der Waals surface area contributed by atoms with Crippen LogP contribution in [-0.4, -0.2) is 0 Å². The van der Waals surface area contributed by atoms with Gasteiger partial charge in [0.15, 0.2) is 0 Å². The van der Waals surface area contributed by atoms with Crippen molar-refractivity contribution in [3.8, 4) is 12.1 Å². The molecule has 92 valence electrons. The van der Waals surface area contributed by atoms with Crippen LogP contribution in [0, 0.1) is 28.6 Å². The largest absolute Gasteiger partial charge is 0.197 e. The van der Waals surface area contributed by atoms with Crippen molar-refractivity contribution in [2.75, 3.05) is 0 Å². The first-order valence-corrected chi connectivity index (χ1v) is 6.23. The lowest BCUT2D eigenvalue weighted by Crippen LogP contribution is -2.12. The first kappa shape index (κ1) is 12.9.